The number of hydrogen-bond acceptors (Lipinski definition) is 6. The molecule has 8 nitrogen and oxygen atoms in total. The average Bonchev–Trinajstić information content (AvgIpc) is 2.84. The van der Waals surface area contributed by atoms with E-state index in [2.05, 4.69) is 15.3 Å². The summed E-state index contributed by atoms with van der Waals surface area (Å²) in [6.07, 6.45) is 1.92. The van der Waals surface area contributed by atoms with Crippen molar-refractivity contribution in [1.29, 1.82) is 0 Å². The Morgan fingerprint density at radius 3 is 3.00 bits per heavy atom. The number of rotatable bonds is 5. The Morgan fingerprint density at radius 2 is 2.32 bits per heavy atom. The van der Waals surface area contributed by atoms with Crippen LogP contribution in [0.2, 0.25) is 0 Å². The maximum atomic E-state index is 11.9. The molecule has 0 N–H and O–H groups in total. The second kappa shape index (κ2) is 5.79. The molecule has 0 saturated heterocycles. The summed E-state index contributed by atoms with van der Waals surface area (Å²) in [5.74, 6) is -0.381. The number of carbonyl (C=O) groups is 1. The Kier molecular flexibility index (Phi) is 4.10. The van der Waals surface area contributed by atoms with Gasteiger partial charge in [-0.25, -0.2) is 19.0 Å². The molecule has 0 unspecified atom stereocenters. The van der Waals surface area contributed by atoms with Crippen LogP contribution in [0.1, 0.15) is 23.8 Å². The van der Waals surface area contributed by atoms with Crippen LogP contribution in [0, 0.1) is 0 Å². The second-order valence-corrected chi connectivity index (χ2v) is 4.08. The molecule has 0 spiro atoms. The Hall–Kier alpha value is -1.96. The highest BCUT2D eigenvalue weighted by molar-refractivity contribution is 6.17. The molecule has 19 heavy (non-hydrogen) atoms. The summed E-state index contributed by atoms with van der Waals surface area (Å²) in [4.78, 5) is 27.5. The van der Waals surface area contributed by atoms with Crippen molar-refractivity contribution in [3.8, 4) is 0 Å². The molecule has 0 fully saturated rings. The lowest BCUT2D eigenvalue weighted by Crippen LogP contribution is -2.30. The van der Waals surface area contributed by atoms with Crippen LogP contribution in [0.3, 0.4) is 0 Å². The lowest BCUT2D eigenvalue weighted by molar-refractivity contribution is 0.0501. The number of aromatic nitrogens is 5. The van der Waals surface area contributed by atoms with Crippen molar-refractivity contribution in [2.45, 2.75) is 19.9 Å². The van der Waals surface area contributed by atoms with Gasteiger partial charge in [0.15, 0.2) is 11.3 Å². The molecule has 0 bridgehead atoms. The van der Waals surface area contributed by atoms with Gasteiger partial charge in [-0.3, -0.25) is 0 Å². The van der Waals surface area contributed by atoms with Crippen molar-refractivity contribution < 1.29 is 9.53 Å². The van der Waals surface area contributed by atoms with E-state index in [-0.39, 0.29) is 30.4 Å². The average molecular weight is 286 g/mol. The third-order valence-electron chi connectivity index (χ3n) is 2.34. The number of fused-ring (bicyclic) bond motifs is 1. The van der Waals surface area contributed by atoms with Gasteiger partial charge in [-0.15, -0.1) is 16.7 Å². The van der Waals surface area contributed by atoms with E-state index in [0.29, 0.717) is 6.42 Å². The monoisotopic (exact) mass is 285 g/mol. The van der Waals surface area contributed by atoms with Gasteiger partial charge in [0, 0.05) is 5.88 Å². The van der Waals surface area contributed by atoms with Crippen molar-refractivity contribution in [3.05, 3.63) is 22.5 Å². The fourth-order valence-electron chi connectivity index (χ4n) is 1.46. The van der Waals surface area contributed by atoms with E-state index >= 15 is 0 Å². The molecular formula is C10H12ClN5O3. The first-order valence-electron chi connectivity index (χ1n) is 5.73. The normalized spacial score (nSPS) is 10.8. The van der Waals surface area contributed by atoms with E-state index in [1.165, 1.54) is 6.33 Å². The molecule has 0 aromatic carbocycles. The quantitative estimate of drug-likeness (QED) is 0.571. The smallest absolute Gasteiger partial charge is 0.360 e. The molecule has 9 heteroatoms. The highest BCUT2D eigenvalue weighted by Gasteiger charge is 2.18. The minimum atomic E-state index is -0.617. The zero-order chi connectivity index (χ0) is 13.8. The fourth-order valence-corrected chi connectivity index (χ4v) is 1.62. The highest BCUT2D eigenvalue weighted by atomic mass is 35.5. The van der Waals surface area contributed by atoms with Crippen molar-refractivity contribution >= 4 is 23.2 Å². The molecular weight excluding hydrogens is 274 g/mol. The van der Waals surface area contributed by atoms with Gasteiger partial charge in [0.05, 0.1) is 13.2 Å². The molecule has 0 radical (unpaired) electrons. The van der Waals surface area contributed by atoms with Crippen LogP contribution in [-0.4, -0.2) is 42.8 Å². The maximum absolute atomic E-state index is 11.9. The predicted octanol–water partition coefficient (Wildman–Crippen LogP) is 0.0916. The molecule has 2 aromatic rings. The van der Waals surface area contributed by atoms with Gasteiger partial charge < -0.3 is 4.74 Å². The zero-order valence-corrected chi connectivity index (χ0v) is 11.0. The van der Waals surface area contributed by atoms with Crippen LogP contribution in [0.4, 0.5) is 0 Å². The molecule has 0 aliphatic carbocycles. The number of alkyl halides is 1. The van der Waals surface area contributed by atoms with Gasteiger partial charge in [0.25, 0.3) is 0 Å². The zero-order valence-electron chi connectivity index (χ0n) is 10.2. The topological polar surface area (TPSA) is 91.4 Å². The first-order chi connectivity index (χ1) is 9.19. The van der Waals surface area contributed by atoms with E-state index in [1.807, 2.05) is 6.92 Å². The molecule has 0 saturated carbocycles. The lowest BCUT2D eigenvalue weighted by Gasteiger charge is -2.02. The third kappa shape index (κ3) is 2.58. The van der Waals surface area contributed by atoms with Crippen LogP contribution in [-0.2, 0) is 11.3 Å². The Balaban J connectivity index is 2.42. The van der Waals surface area contributed by atoms with Gasteiger partial charge in [-0.1, -0.05) is 12.1 Å². The lowest BCUT2D eigenvalue weighted by atomic mass is 10.4. The number of ether oxygens (including phenoxy) is 1. The standard InChI is InChI=1S/C10H12ClN5O3/c1-2-5-19-9(17)7-8-13-14-16(4-3-11)10(18)15(8)6-12-7/h6H,2-5H2,1H3. The third-order valence-corrected chi connectivity index (χ3v) is 2.51. The van der Waals surface area contributed by atoms with Gasteiger partial charge in [0.1, 0.15) is 6.33 Å². The van der Waals surface area contributed by atoms with E-state index in [1.54, 1.807) is 0 Å². The molecule has 2 rings (SSSR count). The summed E-state index contributed by atoms with van der Waals surface area (Å²) >= 11 is 5.55. The molecule has 102 valence electrons. The number of aryl methyl sites for hydroxylation is 1. The van der Waals surface area contributed by atoms with Gasteiger partial charge in [0.2, 0.25) is 0 Å². The summed E-state index contributed by atoms with van der Waals surface area (Å²) in [5, 5.41) is 7.50. The number of nitrogens with zero attached hydrogens (tertiary/aromatic N) is 5. The van der Waals surface area contributed by atoms with E-state index in [0.717, 1.165) is 9.08 Å². The number of esters is 1. The van der Waals surface area contributed by atoms with Crippen molar-refractivity contribution in [1.82, 2.24) is 24.4 Å². The highest BCUT2D eigenvalue weighted by Crippen LogP contribution is 2.05. The first-order valence-corrected chi connectivity index (χ1v) is 6.26. The number of carbonyl (C=O) groups excluding carboxylic acids is 1. The predicted molar refractivity (Wildman–Crippen MR) is 66.3 cm³/mol. The second-order valence-electron chi connectivity index (χ2n) is 3.71. The van der Waals surface area contributed by atoms with E-state index in [4.69, 9.17) is 16.3 Å². The Bertz CT molecular complexity index is 650. The summed E-state index contributed by atoms with van der Waals surface area (Å²) < 4.78 is 7.19. The van der Waals surface area contributed by atoms with Gasteiger partial charge >= 0.3 is 11.7 Å². The van der Waals surface area contributed by atoms with Crippen LogP contribution in [0.5, 0.6) is 0 Å². The minimum absolute atomic E-state index is 0.0175. The molecule has 2 heterocycles. The Morgan fingerprint density at radius 1 is 1.53 bits per heavy atom. The molecule has 0 atom stereocenters. The Labute approximate surface area is 113 Å². The molecule has 2 aromatic heterocycles. The van der Waals surface area contributed by atoms with Crippen molar-refractivity contribution in [3.63, 3.8) is 0 Å². The van der Waals surface area contributed by atoms with Gasteiger partial charge in [-0.05, 0) is 6.42 Å². The minimum Gasteiger partial charge on any atom is -0.461 e. The van der Waals surface area contributed by atoms with Crippen LogP contribution < -0.4 is 5.69 Å². The van der Waals surface area contributed by atoms with Crippen LogP contribution in [0.15, 0.2) is 11.1 Å². The van der Waals surface area contributed by atoms with Crippen LogP contribution >= 0.6 is 11.6 Å². The molecule has 0 aliphatic rings. The summed E-state index contributed by atoms with van der Waals surface area (Å²) in [6.45, 7) is 2.40. The number of imidazole rings is 1. The summed E-state index contributed by atoms with van der Waals surface area (Å²) in [7, 11) is 0. The van der Waals surface area contributed by atoms with Crippen molar-refractivity contribution in [2.75, 3.05) is 12.5 Å². The SMILES string of the molecule is CCCOC(=O)c1ncn2c(=O)n(CCCl)nnc12. The number of hydrogen-bond donors (Lipinski definition) is 0. The largest absolute Gasteiger partial charge is 0.461 e. The van der Waals surface area contributed by atoms with E-state index in [9.17, 15) is 9.59 Å². The molecule has 0 aliphatic heterocycles. The fraction of sp³-hybridized carbons (Fsp3) is 0.500. The van der Waals surface area contributed by atoms with E-state index < -0.39 is 11.7 Å². The van der Waals surface area contributed by atoms with Crippen LogP contribution in [0.25, 0.3) is 5.65 Å². The van der Waals surface area contributed by atoms with Gasteiger partial charge in [-0.2, -0.15) is 4.68 Å². The summed E-state index contributed by atoms with van der Waals surface area (Å²) in [5.41, 5.74) is -0.388. The van der Waals surface area contributed by atoms with Crippen molar-refractivity contribution in [2.24, 2.45) is 0 Å². The number of halogens is 1. The summed E-state index contributed by atoms with van der Waals surface area (Å²) in [6, 6.07) is 0. The first kappa shape index (κ1) is 13.5. The molecule has 0 amide bonds. The maximum Gasteiger partial charge on any atom is 0.360 e.